The number of hydrogen-bond acceptors (Lipinski definition) is 8. The van der Waals surface area contributed by atoms with Gasteiger partial charge in [0, 0.05) is 52.8 Å². The number of fused-ring (bicyclic) bond motifs is 1. The molecule has 2 aliphatic carbocycles. The lowest BCUT2D eigenvalue weighted by Gasteiger charge is -2.33. The van der Waals surface area contributed by atoms with Gasteiger partial charge in [-0.2, -0.15) is 4.58 Å². The Morgan fingerprint density at radius 2 is 1.30 bits per heavy atom. The normalized spacial score (nSPS) is 15.7. The fraction of sp³-hybridized carbons (Fsp3) is 0.377. The van der Waals surface area contributed by atoms with Crippen molar-refractivity contribution in [3.63, 3.8) is 0 Å². The fourth-order valence-electron chi connectivity index (χ4n) is 10.2. The Labute approximate surface area is 415 Å². The molecule has 2 aliphatic rings. The van der Waals surface area contributed by atoms with Crippen molar-refractivity contribution in [3.05, 3.63) is 159 Å². The quantitative estimate of drug-likeness (QED) is 0.0452. The zero-order chi connectivity index (χ0) is 50.3. The largest absolute Gasteiger partial charge is 0.462 e. The lowest BCUT2D eigenvalue weighted by atomic mass is 9.87. The molecule has 7 rings (SSSR count). The first-order chi connectivity index (χ1) is 33.4. The van der Waals surface area contributed by atoms with E-state index in [1.54, 1.807) is 0 Å². The number of nitrogens with one attached hydrogen (secondary N) is 1. The zero-order valence-electron chi connectivity index (χ0n) is 43.3. The molecule has 0 amide bonds. The average Bonchev–Trinajstić information content (AvgIpc) is 3.33. The molecule has 1 N–H and O–H groups in total. The van der Waals surface area contributed by atoms with Crippen LogP contribution in [0.3, 0.4) is 0 Å². The van der Waals surface area contributed by atoms with Gasteiger partial charge < -0.3 is 24.4 Å². The maximum atomic E-state index is 13.2. The number of anilines is 3. The van der Waals surface area contributed by atoms with Gasteiger partial charge in [-0.15, -0.1) is 0 Å². The first-order valence-corrected chi connectivity index (χ1v) is 25.0. The number of aryl methyl sites for hydroxylation is 6. The number of esters is 3. The molecule has 9 nitrogen and oxygen atoms in total. The predicted octanol–water partition coefficient (Wildman–Crippen LogP) is 13.4. The van der Waals surface area contributed by atoms with Crippen molar-refractivity contribution in [1.29, 1.82) is 0 Å². The average molecular weight is 943 g/mol. The van der Waals surface area contributed by atoms with Crippen molar-refractivity contribution in [2.24, 2.45) is 5.41 Å². The third kappa shape index (κ3) is 11.8. The summed E-state index contributed by atoms with van der Waals surface area (Å²) in [6.07, 6.45) is 12.5. The summed E-state index contributed by atoms with van der Waals surface area (Å²) >= 11 is 0. The SMILES string of the molecule is CCC(C)(C)C(=O)OCCOC(=O)CCC(=O)OC1CCCCC1Nc1ccc(C(=C2C=CC(=[N+](C)c3c(C)cc(C)cc3C)C=C2)c2ccc(N(C)c3c(C)cc(C)cc3C)cc2)c2ccccc12. The van der Waals surface area contributed by atoms with Gasteiger partial charge in [-0.3, -0.25) is 14.4 Å². The Hall–Kier alpha value is -6.74. The van der Waals surface area contributed by atoms with E-state index < -0.39 is 17.4 Å². The van der Waals surface area contributed by atoms with Crippen LogP contribution >= 0.6 is 0 Å². The molecule has 0 saturated heterocycles. The second-order valence-corrected chi connectivity index (χ2v) is 19.9. The van der Waals surface area contributed by atoms with E-state index in [1.807, 2.05) is 20.8 Å². The molecule has 0 bridgehead atoms. The number of carbonyl (C=O) groups excluding carboxylic acids is 3. The summed E-state index contributed by atoms with van der Waals surface area (Å²) in [5.74, 6) is -1.30. The van der Waals surface area contributed by atoms with E-state index in [4.69, 9.17) is 14.2 Å². The molecule has 5 aromatic carbocycles. The molecule has 2 atom stereocenters. The van der Waals surface area contributed by atoms with Gasteiger partial charge >= 0.3 is 17.9 Å². The van der Waals surface area contributed by atoms with Crippen LogP contribution in [0.4, 0.5) is 22.7 Å². The van der Waals surface area contributed by atoms with Gasteiger partial charge in [0.2, 0.25) is 11.4 Å². The molecule has 0 aliphatic heterocycles. The number of benzene rings is 5. The molecule has 0 heterocycles. The number of carbonyl (C=O) groups is 3. The Kier molecular flexibility index (Phi) is 16.3. The molecular weight excluding hydrogens is 871 g/mol. The smallest absolute Gasteiger partial charge is 0.311 e. The van der Waals surface area contributed by atoms with E-state index in [9.17, 15) is 14.4 Å². The summed E-state index contributed by atoms with van der Waals surface area (Å²) in [6, 6.07) is 30.7. The second kappa shape index (κ2) is 22.3. The van der Waals surface area contributed by atoms with Crippen LogP contribution in [0.25, 0.3) is 16.3 Å². The monoisotopic (exact) mass is 943 g/mol. The highest BCUT2D eigenvalue weighted by Crippen LogP contribution is 2.40. The van der Waals surface area contributed by atoms with Gasteiger partial charge in [0.15, 0.2) is 0 Å². The highest BCUT2D eigenvalue weighted by molar-refractivity contribution is 6.08. The molecule has 9 heteroatoms. The van der Waals surface area contributed by atoms with Crippen LogP contribution in [-0.2, 0) is 28.6 Å². The van der Waals surface area contributed by atoms with Crippen LogP contribution in [0.2, 0.25) is 0 Å². The maximum absolute atomic E-state index is 13.2. The van der Waals surface area contributed by atoms with Crippen molar-refractivity contribution in [1.82, 2.24) is 0 Å². The van der Waals surface area contributed by atoms with Crippen molar-refractivity contribution in [2.75, 3.05) is 37.5 Å². The number of hydrogen-bond donors (Lipinski definition) is 1. The topological polar surface area (TPSA) is 97.2 Å². The minimum Gasteiger partial charge on any atom is -0.462 e. The molecule has 2 unspecified atom stereocenters. The molecule has 70 heavy (non-hydrogen) atoms. The third-order valence-electron chi connectivity index (χ3n) is 14.1. The summed E-state index contributed by atoms with van der Waals surface area (Å²) in [5, 5.41) is 5.99. The Balaban J connectivity index is 1.16. The van der Waals surface area contributed by atoms with E-state index in [1.165, 1.54) is 44.8 Å². The number of rotatable bonds is 16. The lowest BCUT2D eigenvalue weighted by molar-refractivity contribution is -0.404. The lowest BCUT2D eigenvalue weighted by Crippen LogP contribution is -2.39. The minimum absolute atomic E-state index is 0.0261. The van der Waals surface area contributed by atoms with Crippen LogP contribution in [-0.4, -0.2) is 67.7 Å². The van der Waals surface area contributed by atoms with E-state index in [0.717, 1.165) is 75.8 Å². The third-order valence-corrected chi connectivity index (χ3v) is 14.1. The van der Waals surface area contributed by atoms with Gasteiger partial charge in [-0.1, -0.05) is 79.1 Å². The standard InChI is InChI=1S/C61H71N3O6/c1-12-61(8,9)60(67)69-34-33-68-55(65)31-32-56(66)70-54-20-16-15-19-53(54)62-52-30-29-51(49-17-13-14-18-50(49)52)57(45-21-25-47(26-22-45)63(10)58-41(4)35-39(2)36-42(58)5)46-23-27-48(28-24-46)64(11)59-43(6)37-40(3)38-44(59)7/h13-14,17-18,21-30,35-38,53-54H,12,15-16,19-20,31-34H2,1-11H3/p+1. The molecular formula is C61H72N3O6+. The molecule has 366 valence electrons. The molecule has 1 fully saturated rings. The molecule has 0 spiro atoms. The predicted molar refractivity (Wildman–Crippen MR) is 286 cm³/mol. The summed E-state index contributed by atoms with van der Waals surface area (Å²) in [7, 11) is 4.29. The summed E-state index contributed by atoms with van der Waals surface area (Å²) in [6.45, 7) is 18.5. The minimum atomic E-state index is -0.599. The highest BCUT2D eigenvalue weighted by atomic mass is 16.6. The van der Waals surface area contributed by atoms with Gasteiger partial charge in [0.25, 0.3) is 0 Å². The van der Waals surface area contributed by atoms with Crippen molar-refractivity contribution in [3.8, 4) is 0 Å². The van der Waals surface area contributed by atoms with Crippen molar-refractivity contribution < 1.29 is 33.2 Å². The van der Waals surface area contributed by atoms with Crippen molar-refractivity contribution >= 4 is 62.7 Å². The first-order valence-electron chi connectivity index (χ1n) is 25.0. The van der Waals surface area contributed by atoms with Crippen LogP contribution in [0.5, 0.6) is 0 Å². The Morgan fingerprint density at radius 3 is 1.94 bits per heavy atom. The number of allylic oxidation sites excluding steroid dienone is 5. The van der Waals surface area contributed by atoms with Crippen LogP contribution < -0.4 is 10.2 Å². The highest BCUT2D eigenvalue weighted by Gasteiger charge is 2.30. The first kappa shape index (κ1) is 51.1. The summed E-state index contributed by atoms with van der Waals surface area (Å²) < 4.78 is 18.9. The fourth-order valence-corrected chi connectivity index (χ4v) is 10.2. The van der Waals surface area contributed by atoms with Gasteiger partial charge in [-0.05, 0) is 162 Å². The number of nitrogens with zero attached hydrogens (tertiary/aromatic N) is 2. The molecule has 1 saturated carbocycles. The van der Waals surface area contributed by atoms with Gasteiger partial charge in [-0.25, -0.2) is 0 Å². The van der Waals surface area contributed by atoms with Gasteiger partial charge in [0.1, 0.15) is 26.4 Å². The van der Waals surface area contributed by atoms with E-state index in [0.29, 0.717) is 6.42 Å². The maximum Gasteiger partial charge on any atom is 0.311 e. The zero-order valence-corrected chi connectivity index (χ0v) is 43.3. The van der Waals surface area contributed by atoms with E-state index >= 15 is 0 Å². The van der Waals surface area contributed by atoms with Crippen molar-refractivity contribution in [2.45, 2.75) is 119 Å². The van der Waals surface area contributed by atoms with Crippen LogP contribution in [0.1, 0.15) is 110 Å². The van der Waals surface area contributed by atoms with E-state index in [2.05, 4.69) is 180 Å². The van der Waals surface area contributed by atoms with Gasteiger partial charge in [0.05, 0.1) is 24.3 Å². The molecule has 0 radical (unpaired) electrons. The van der Waals surface area contributed by atoms with Crippen LogP contribution in [0, 0.1) is 47.0 Å². The van der Waals surface area contributed by atoms with Crippen LogP contribution in [0.15, 0.2) is 115 Å². The molecule has 0 aromatic heterocycles. The number of ether oxygens (including phenoxy) is 3. The summed E-state index contributed by atoms with van der Waals surface area (Å²) in [4.78, 5) is 40.2. The second-order valence-electron chi connectivity index (χ2n) is 19.9. The summed E-state index contributed by atoms with van der Waals surface area (Å²) in [5.41, 5.74) is 17.0. The Bertz CT molecular complexity index is 2840. The molecule has 5 aromatic rings. The van der Waals surface area contributed by atoms with E-state index in [-0.39, 0.29) is 44.2 Å². The Morgan fingerprint density at radius 1 is 0.714 bits per heavy atom.